The second-order valence-electron chi connectivity index (χ2n) is 9.43. The normalized spacial score (nSPS) is 13.6. The summed E-state index contributed by atoms with van der Waals surface area (Å²) in [6.07, 6.45) is 8.36. The van der Waals surface area contributed by atoms with Crippen molar-refractivity contribution in [2.45, 2.75) is 58.3 Å². The van der Waals surface area contributed by atoms with Crippen molar-refractivity contribution in [3.8, 4) is 16.9 Å². The molecule has 0 bridgehead atoms. The van der Waals surface area contributed by atoms with Gasteiger partial charge in [-0.1, -0.05) is 87.6 Å². The van der Waals surface area contributed by atoms with Gasteiger partial charge in [-0.15, -0.1) is 0 Å². The first kappa shape index (κ1) is 24.7. The zero-order valence-corrected chi connectivity index (χ0v) is 20.7. The third-order valence-electron chi connectivity index (χ3n) is 6.76. The van der Waals surface area contributed by atoms with Gasteiger partial charge in [-0.3, -0.25) is 9.59 Å². The van der Waals surface area contributed by atoms with E-state index in [2.05, 4.69) is 12.2 Å². The van der Waals surface area contributed by atoms with E-state index in [-0.39, 0.29) is 18.4 Å². The number of para-hydroxylation sites is 1. The predicted molar refractivity (Wildman–Crippen MR) is 140 cm³/mol. The first-order chi connectivity index (χ1) is 17.1. The van der Waals surface area contributed by atoms with E-state index < -0.39 is 0 Å². The zero-order valence-electron chi connectivity index (χ0n) is 20.7. The minimum Gasteiger partial charge on any atom is -0.333 e. The van der Waals surface area contributed by atoms with Crippen molar-refractivity contribution in [2.24, 2.45) is 5.92 Å². The number of aromatic nitrogens is 2. The number of hydrogen-bond acceptors (Lipinski definition) is 3. The number of carbonyl (C=O) groups excluding carboxylic acids is 2. The highest BCUT2D eigenvalue weighted by atomic mass is 16.2. The summed E-state index contributed by atoms with van der Waals surface area (Å²) >= 11 is 0. The molecule has 184 valence electrons. The lowest BCUT2D eigenvalue weighted by atomic mass is 10.0. The molecule has 4 rings (SSSR count). The van der Waals surface area contributed by atoms with Crippen LogP contribution in [0.2, 0.25) is 0 Å². The van der Waals surface area contributed by atoms with Crippen LogP contribution in [-0.2, 0) is 9.59 Å². The maximum atomic E-state index is 13.1. The van der Waals surface area contributed by atoms with Crippen LogP contribution in [0.5, 0.6) is 0 Å². The Kier molecular flexibility index (Phi) is 8.71. The fourth-order valence-corrected chi connectivity index (χ4v) is 4.77. The average molecular weight is 473 g/mol. The van der Waals surface area contributed by atoms with E-state index in [1.807, 2.05) is 66.7 Å². The van der Waals surface area contributed by atoms with Gasteiger partial charge in [0.25, 0.3) is 0 Å². The monoisotopic (exact) mass is 472 g/mol. The maximum Gasteiger partial charge on any atom is 0.245 e. The van der Waals surface area contributed by atoms with Crippen molar-refractivity contribution in [3.63, 3.8) is 0 Å². The first-order valence-corrected chi connectivity index (χ1v) is 12.9. The molecule has 0 radical (unpaired) electrons. The summed E-state index contributed by atoms with van der Waals surface area (Å²) in [7, 11) is 0. The highest BCUT2D eigenvalue weighted by Gasteiger charge is 2.22. The minimum atomic E-state index is -0.202. The van der Waals surface area contributed by atoms with Crippen molar-refractivity contribution in [1.29, 1.82) is 0 Å². The Bertz CT molecular complexity index is 1090. The van der Waals surface area contributed by atoms with Gasteiger partial charge in [-0.25, -0.2) is 4.68 Å². The number of unbranched alkanes of at least 4 members (excludes halogenated alkanes) is 1. The van der Waals surface area contributed by atoms with Gasteiger partial charge in [0, 0.05) is 24.6 Å². The lowest BCUT2D eigenvalue weighted by molar-refractivity contribution is -0.135. The Morgan fingerprint density at radius 3 is 2.40 bits per heavy atom. The van der Waals surface area contributed by atoms with Crippen molar-refractivity contribution in [2.75, 3.05) is 18.4 Å². The molecule has 0 atom stereocenters. The largest absolute Gasteiger partial charge is 0.333 e. The number of hydrogen-bond donors (Lipinski definition) is 1. The van der Waals surface area contributed by atoms with Gasteiger partial charge in [0.1, 0.15) is 5.82 Å². The number of anilines is 1. The van der Waals surface area contributed by atoms with Gasteiger partial charge in [-0.2, -0.15) is 5.10 Å². The zero-order chi connectivity index (χ0) is 24.5. The van der Waals surface area contributed by atoms with Gasteiger partial charge in [0.2, 0.25) is 11.8 Å². The molecule has 0 saturated heterocycles. The van der Waals surface area contributed by atoms with E-state index in [1.54, 1.807) is 9.58 Å². The van der Waals surface area contributed by atoms with Crippen LogP contribution < -0.4 is 5.32 Å². The maximum absolute atomic E-state index is 13.1. The smallest absolute Gasteiger partial charge is 0.245 e. The molecule has 1 fully saturated rings. The van der Waals surface area contributed by atoms with E-state index >= 15 is 0 Å². The molecular weight excluding hydrogens is 436 g/mol. The van der Waals surface area contributed by atoms with Crippen LogP contribution in [0.25, 0.3) is 16.9 Å². The summed E-state index contributed by atoms with van der Waals surface area (Å²) in [5.41, 5.74) is 2.62. The van der Waals surface area contributed by atoms with E-state index in [0.717, 1.165) is 36.2 Å². The lowest BCUT2D eigenvalue weighted by Gasteiger charge is -2.23. The fraction of sp³-hybridized carbons (Fsp3) is 0.414. The molecule has 0 spiro atoms. The van der Waals surface area contributed by atoms with Gasteiger partial charge in [-0.05, 0) is 30.9 Å². The molecule has 1 aliphatic rings. The SMILES string of the molecule is CCCCN(CC(=O)Nc1cc(-c2ccccc2)nn1-c1ccccc1)C(=O)CCC1CCCC1. The van der Waals surface area contributed by atoms with Crippen molar-refractivity contribution in [1.82, 2.24) is 14.7 Å². The first-order valence-electron chi connectivity index (χ1n) is 12.9. The molecule has 0 aliphatic heterocycles. The number of amides is 2. The van der Waals surface area contributed by atoms with Crippen LogP contribution in [0.4, 0.5) is 5.82 Å². The van der Waals surface area contributed by atoms with Crippen LogP contribution in [0.1, 0.15) is 58.3 Å². The number of carbonyl (C=O) groups is 2. The predicted octanol–water partition coefficient (Wildman–Crippen LogP) is 6.08. The number of benzene rings is 2. The Balaban J connectivity index is 1.48. The molecule has 1 N–H and O–H groups in total. The molecular formula is C29H36N4O2. The van der Waals surface area contributed by atoms with Gasteiger partial charge >= 0.3 is 0 Å². The second-order valence-corrected chi connectivity index (χ2v) is 9.43. The molecule has 35 heavy (non-hydrogen) atoms. The summed E-state index contributed by atoms with van der Waals surface area (Å²) in [4.78, 5) is 27.9. The molecule has 3 aromatic rings. The molecule has 1 aliphatic carbocycles. The van der Waals surface area contributed by atoms with E-state index in [9.17, 15) is 9.59 Å². The topological polar surface area (TPSA) is 67.2 Å². The fourth-order valence-electron chi connectivity index (χ4n) is 4.77. The Morgan fingerprint density at radius 2 is 1.71 bits per heavy atom. The third kappa shape index (κ3) is 6.81. The lowest BCUT2D eigenvalue weighted by Crippen LogP contribution is -2.39. The molecule has 1 saturated carbocycles. The molecule has 2 amide bonds. The van der Waals surface area contributed by atoms with E-state index in [4.69, 9.17) is 5.10 Å². The average Bonchev–Trinajstić information content (AvgIpc) is 3.56. The molecule has 0 unspecified atom stereocenters. The highest BCUT2D eigenvalue weighted by Crippen LogP contribution is 2.29. The van der Waals surface area contributed by atoms with Crippen LogP contribution in [0, 0.1) is 5.92 Å². The Labute approximate surface area is 208 Å². The summed E-state index contributed by atoms with van der Waals surface area (Å²) in [6, 6.07) is 21.5. The summed E-state index contributed by atoms with van der Waals surface area (Å²) in [5, 5.41) is 7.79. The van der Waals surface area contributed by atoms with Gasteiger partial charge in [0.05, 0.1) is 17.9 Å². The number of rotatable bonds is 11. The van der Waals surface area contributed by atoms with E-state index in [0.29, 0.717) is 24.7 Å². The molecule has 1 heterocycles. The summed E-state index contributed by atoms with van der Waals surface area (Å²) in [6.45, 7) is 2.77. The Hall–Kier alpha value is -3.41. The quantitative estimate of drug-likeness (QED) is 0.368. The standard InChI is InChI=1S/C29H36N4O2/c1-2-3-20-32(29(35)19-18-23-12-10-11-13-23)22-28(34)30-27-21-26(24-14-6-4-7-15-24)31-33(27)25-16-8-5-9-17-25/h4-9,14-17,21,23H,2-3,10-13,18-20,22H2,1H3,(H,30,34). The highest BCUT2D eigenvalue weighted by molar-refractivity contribution is 5.94. The summed E-state index contributed by atoms with van der Waals surface area (Å²) in [5.74, 6) is 1.14. The number of nitrogens with zero attached hydrogens (tertiary/aromatic N) is 3. The molecule has 2 aromatic carbocycles. The van der Waals surface area contributed by atoms with Crippen LogP contribution in [-0.4, -0.2) is 39.6 Å². The summed E-state index contributed by atoms with van der Waals surface area (Å²) < 4.78 is 1.75. The minimum absolute atomic E-state index is 0.0597. The third-order valence-corrected chi connectivity index (χ3v) is 6.76. The Morgan fingerprint density at radius 1 is 1.03 bits per heavy atom. The van der Waals surface area contributed by atoms with Crippen molar-refractivity contribution < 1.29 is 9.59 Å². The van der Waals surface area contributed by atoms with Crippen LogP contribution in [0.15, 0.2) is 66.7 Å². The van der Waals surface area contributed by atoms with Crippen LogP contribution in [0.3, 0.4) is 0 Å². The van der Waals surface area contributed by atoms with Crippen molar-refractivity contribution in [3.05, 3.63) is 66.7 Å². The molecule has 1 aromatic heterocycles. The van der Waals surface area contributed by atoms with Crippen LogP contribution >= 0.6 is 0 Å². The van der Waals surface area contributed by atoms with Gasteiger partial charge in [0.15, 0.2) is 0 Å². The van der Waals surface area contributed by atoms with Crippen molar-refractivity contribution >= 4 is 17.6 Å². The van der Waals surface area contributed by atoms with Gasteiger partial charge < -0.3 is 10.2 Å². The molecule has 6 nitrogen and oxygen atoms in total. The van der Waals surface area contributed by atoms with E-state index in [1.165, 1.54) is 25.7 Å². The second kappa shape index (κ2) is 12.3. The number of nitrogens with one attached hydrogen (secondary N) is 1. The molecule has 6 heteroatoms.